The molecule has 2 fully saturated rings. The molecule has 2 aliphatic heterocycles. The number of carbonyl (C=O) groups is 2. The maximum atomic E-state index is 12.5. The lowest BCUT2D eigenvalue weighted by Gasteiger charge is -2.24. The van der Waals surface area contributed by atoms with Crippen molar-refractivity contribution in [2.24, 2.45) is 0 Å². The van der Waals surface area contributed by atoms with Crippen LogP contribution in [0.2, 0.25) is 0 Å². The molecule has 148 valence electrons. The SMILES string of the molecule is CCc1ccc(OCC(=O)N2CCCN(CC(=O)N3CCCC3)CC2)cc1. The van der Waals surface area contributed by atoms with Crippen LogP contribution >= 0.6 is 0 Å². The van der Waals surface area contributed by atoms with Crippen molar-refractivity contribution in [3.8, 4) is 5.75 Å². The molecular weight excluding hydrogens is 342 g/mol. The normalized spacial score (nSPS) is 18.4. The van der Waals surface area contributed by atoms with E-state index >= 15 is 0 Å². The number of hydrogen-bond donors (Lipinski definition) is 0. The van der Waals surface area contributed by atoms with Crippen molar-refractivity contribution in [2.75, 3.05) is 52.4 Å². The third-order valence-corrected chi connectivity index (χ3v) is 5.45. The number of amides is 2. The molecule has 0 saturated carbocycles. The van der Waals surface area contributed by atoms with Gasteiger partial charge in [0.15, 0.2) is 6.61 Å². The second-order valence-electron chi connectivity index (χ2n) is 7.38. The minimum atomic E-state index is 0.0160. The molecule has 0 unspecified atom stereocenters. The predicted molar refractivity (Wildman–Crippen MR) is 105 cm³/mol. The fraction of sp³-hybridized carbons (Fsp3) is 0.619. The van der Waals surface area contributed by atoms with Gasteiger partial charge in [0.05, 0.1) is 6.54 Å². The topological polar surface area (TPSA) is 53.1 Å². The van der Waals surface area contributed by atoms with Crippen LogP contribution in [0.4, 0.5) is 0 Å². The van der Waals surface area contributed by atoms with E-state index in [0.29, 0.717) is 13.1 Å². The summed E-state index contributed by atoms with van der Waals surface area (Å²) >= 11 is 0. The number of likely N-dealkylation sites (tertiary alicyclic amines) is 1. The van der Waals surface area contributed by atoms with Gasteiger partial charge in [0.25, 0.3) is 5.91 Å². The summed E-state index contributed by atoms with van der Waals surface area (Å²) in [6, 6.07) is 7.89. The standard InChI is InChI=1S/C21H31N3O3/c1-2-18-6-8-19(9-7-18)27-17-21(26)24-13-5-10-22(14-15-24)16-20(25)23-11-3-4-12-23/h6-9H,2-5,10-17H2,1H3. The van der Waals surface area contributed by atoms with Crippen LogP contribution in [0.25, 0.3) is 0 Å². The minimum absolute atomic E-state index is 0.0160. The molecule has 0 bridgehead atoms. The van der Waals surface area contributed by atoms with Crippen molar-refractivity contribution in [1.82, 2.24) is 14.7 Å². The van der Waals surface area contributed by atoms with E-state index in [-0.39, 0.29) is 18.4 Å². The molecule has 0 N–H and O–H groups in total. The highest BCUT2D eigenvalue weighted by atomic mass is 16.5. The Morgan fingerprint density at radius 1 is 0.852 bits per heavy atom. The molecule has 27 heavy (non-hydrogen) atoms. The third-order valence-electron chi connectivity index (χ3n) is 5.45. The van der Waals surface area contributed by atoms with Crippen molar-refractivity contribution in [3.63, 3.8) is 0 Å². The van der Waals surface area contributed by atoms with Crippen LogP contribution in [-0.2, 0) is 16.0 Å². The van der Waals surface area contributed by atoms with E-state index in [1.165, 1.54) is 5.56 Å². The summed E-state index contributed by atoms with van der Waals surface area (Å²) in [6.45, 7) is 7.44. The number of nitrogens with zero attached hydrogens (tertiary/aromatic N) is 3. The fourth-order valence-electron chi connectivity index (χ4n) is 3.69. The molecule has 3 rings (SSSR count). The lowest BCUT2D eigenvalue weighted by atomic mass is 10.2. The summed E-state index contributed by atoms with van der Waals surface area (Å²) in [7, 11) is 0. The Bertz CT molecular complexity index is 626. The molecule has 0 aliphatic carbocycles. The molecule has 0 atom stereocenters. The first kappa shape index (κ1) is 19.7. The van der Waals surface area contributed by atoms with Crippen molar-refractivity contribution < 1.29 is 14.3 Å². The minimum Gasteiger partial charge on any atom is -0.484 e. The van der Waals surface area contributed by atoms with E-state index in [1.807, 2.05) is 34.1 Å². The van der Waals surface area contributed by atoms with E-state index in [1.54, 1.807) is 0 Å². The summed E-state index contributed by atoms with van der Waals surface area (Å²) in [5, 5.41) is 0. The first-order valence-corrected chi connectivity index (χ1v) is 10.2. The summed E-state index contributed by atoms with van der Waals surface area (Å²) in [6.07, 6.45) is 4.12. The highest BCUT2D eigenvalue weighted by Crippen LogP contribution is 2.13. The Balaban J connectivity index is 1.42. The van der Waals surface area contributed by atoms with E-state index in [2.05, 4.69) is 11.8 Å². The summed E-state index contributed by atoms with van der Waals surface area (Å²) in [5.74, 6) is 0.974. The molecule has 2 heterocycles. The average molecular weight is 373 g/mol. The Morgan fingerprint density at radius 3 is 2.22 bits per heavy atom. The van der Waals surface area contributed by atoms with Crippen LogP contribution in [-0.4, -0.2) is 78.9 Å². The molecule has 2 saturated heterocycles. The zero-order valence-corrected chi connectivity index (χ0v) is 16.4. The first-order chi connectivity index (χ1) is 13.2. The van der Waals surface area contributed by atoms with Gasteiger partial charge in [-0.25, -0.2) is 0 Å². The summed E-state index contributed by atoms with van der Waals surface area (Å²) < 4.78 is 5.65. The van der Waals surface area contributed by atoms with Gasteiger partial charge in [-0.1, -0.05) is 19.1 Å². The van der Waals surface area contributed by atoms with Crippen LogP contribution < -0.4 is 4.74 Å². The van der Waals surface area contributed by atoms with E-state index < -0.39 is 0 Å². The highest BCUT2D eigenvalue weighted by molar-refractivity contribution is 5.79. The second kappa shape index (κ2) is 9.74. The van der Waals surface area contributed by atoms with E-state index in [9.17, 15) is 9.59 Å². The molecule has 6 nitrogen and oxygen atoms in total. The maximum absolute atomic E-state index is 12.5. The predicted octanol–water partition coefficient (Wildman–Crippen LogP) is 1.78. The zero-order valence-electron chi connectivity index (χ0n) is 16.4. The summed E-state index contributed by atoms with van der Waals surface area (Å²) in [5.41, 5.74) is 1.25. The Morgan fingerprint density at radius 2 is 1.52 bits per heavy atom. The van der Waals surface area contributed by atoms with Crippen LogP contribution in [0.15, 0.2) is 24.3 Å². The molecule has 0 radical (unpaired) electrons. The molecule has 0 spiro atoms. The monoisotopic (exact) mass is 373 g/mol. The van der Waals surface area contributed by atoms with Crippen molar-refractivity contribution >= 4 is 11.8 Å². The van der Waals surface area contributed by atoms with Gasteiger partial charge in [-0.15, -0.1) is 0 Å². The quantitative estimate of drug-likeness (QED) is 0.763. The third kappa shape index (κ3) is 5.70. The number of ether oxygens (including phenoxy) is 1. The van der Waals surface area contributed by atoms with Gasteiger partial charge in [0.1, 0.15) is 5.75 Å². The Kier molecular flexibility index (Phi) is 7.10. The number of aryl methyl sites for hydroxylation is 1. The van der Waals surface area contributed by atoms with Gasteiger partial charge < -0.3 is 14.5 Å². The van der Waals surface area contributed by atoms with Crippen LogP contribution in [0.3, 0.4) is 0 Å². The zero-order chi connectivity index (χ0) is 19.1. The molecule has 1 aromatic rings. The van der Waals surface area contributed by atoms with Crippen molar-refractivity contribution in [1.29, 1.82) is 0 Å². The van der Waals surface area contributed by atoms with E-state index in [4.69, 9.17) is 4.74 Å². The molecular formula is C21H31N3O3. The fourth-order valence-corrected chi connectivity index (χ4v) is 3.69. The van der Waals surface area contributed by atoms with Crippen molar-refractivity contribution in [2.45, 2.75) is 32.6 Å². The number of rotatable bonds is 6. The lowest BCUT2D eigenvalue weighted by molar-refractivity contribution is -0.133. The van der Waals surface area contributed by atoms with Crippen LogP contribution in [0, 0.1) is 0 Å². The molecule has 1 aromatic carbocycles. The second-order valence-corrected chi connectivity index (χ2v) is 7.38. The number of hydrogen-bond acceptors (Lipinski definition) is 4. The molecule has 2 aliphatic rings. The molecule has 6 heteroatoms. The lowest BCUT2D eigenvalue weighted by Crippen LogP contribution is -2.41. The van der Waals surface area contributed by atoms with Crippen LogP contribution in [0.1, 0.15) is 31.7 Å². The van der Waals surface area contributed by atoms with Gasteiger partial charge >= 0.3 is 0 Å². The van der Waals surface area contributed by atoms with Crippen LogP contribution in [0.5, 0.6) is 5.75 Å². The van der Waals surface area contributed by atoms with Gasteiger partial charge in [-0.2, -0.15) is 0 Å². The Labute approximate surface area is 162 Å². The van der Waals surface area contributed by atoms with Crippen molar-refractivity contribution in [3.05, 3.63) is 29.8 Å². The van der Waals surface area contributed by atoms with Gasteiger partial charge in [-0.3, -0.25) is 14.5 Å². The first-order valence-electron chi connectivity index (χ1n) is 10.2. The average Bonchev–Trinajstić information content (AvgIpc) is 3.14. The van der Waals surface area contributed by atoms with Gasteiger partial charge in [0.2, 0.25) is 5.91 Å². The highest BCUT2D eigenvalue weighted by Gasteiger charge is 2.23. The summed E-state index contributed by atoms with van der Waals surface area (Å²) in [4.78, 5) is 30.8. The van der Waals surface area contributed by atoms with E-state index in [0.717, 1.165) is 64.2 Å². The number of benzene rings is 1. The van der Waals surface area contributed by atoms with Gasteiger partial charge in [0, 0.05) is 39.3 Å². The number of carbonyl (C=O) groups excluding carboxylic acids is 2. The largest absolute Gasteiger partial charge is 0.484 e. The molecule has 0 aromatic heterocycles. The molecule has 2 amide bonds. The van der Waals surface area contributed by atoms with Gasteiger partial charge in [-0.05, 0) is 43.4 Å². The maximum Gasteiger partial charge on any atom is 0.260 e. The smallest absolute Gasteiger partial charge is 0.260 e. The Hall–Kier alpha value is -2.08.